The summed E-state index contributed by atoms with van der Waals surface area (Å²) >= 11 is 0. The lowest BCUT2D eigenvalue weighted by Gasteiger charge is -2.28. The molecular weight excluding hydrogens is 262 g/mol. The van der Waals surface area contributed by atoms with Crippen molar-refractivity contribution in [2.24, 2.45) is 5.14 Å². The van der Waals surface area contributed by atoms with Crippen LogP contribution >= 0.6 is 0 Å². The van der Waals surface area contributed by atoms with Crippen molar-refractivity contribution in [2.75, 3.05) is 0 Å². The molecule has 0 aliphatic heterocycles. The highest BCUT2D eigenvalue weighted by Crippen LogP contribution is 2.33. The highest BCUT2D eigenvalue weighted by Gasteiger charge is 2.25. The molecule has 0 spiro atoms. The van der Waals surface area contributed by atoms with Crippen LogP contribution in [0.5, 0.6) is 5.75 Å². The first-order valence-corrected chi connectivity index (χ1v) is 8.06. The van der Waals surface area contributed by atoms with Crippen molar-refractivity contribution in [1.29, 1.82) is 0 Å². The van der Waals surface area contributed by atoms with E-state index in [1.165, 1.54) is 0 Å². The van der Waals surface area contributed by atoms with Gasteiger partial charge in [0.05, 0.1) is 6.10 Å². The van der Waals surface area contributed by atoms with Gasteiger partial charge in [-0.1, -0.05) is 26.8 Å². The Morgan fingerprint density at radius 2 is 1.89 bits per heavy atom. The van der Waals surface area contributed by atoms with E-state index in [9.17, 15) is 8.42 Å². The highest BCUT2D eigenvalue weighted by molar-refractivity contribution is 7.89. The van der Waals surface area contributed by atoms with Crippen LogP contribution in [0.15, 0.2) is 23.1 Å². The molecule has 1 aliphatic carbocycles. The molecule has 4 nitrogen and oxygen atoms in total. The van der Waals surface area contributed by atoms with Gasteiger partial charge in [0.2, 0.25) is 10.0 Å². The van der Waals surface area contributed by atoms with Crippen LogP contribution in [0.3, 0.4) is 0 Å². The van der Waals surface area contributed by atoms with Crippen molar-refractivity contribution in [1.82, 2.24) is 0 Å². The van der Waals surface area contributed by atoms with Gasteiger partial charge in [0.15, 0.2) is 0 Å². The predicted octanol–water partition coefficient (Wildman–Crippen LogP) is 2.56. The molecule has 19 heavy (non-hydrogen) atoms. The molecule has 1 fully saturated rings. The average molecular weight is 283 g/mol. The number of rotatable bonds is 3. The Hall–Kier alpha value is -1.07. The maximum atomic E-state index is 11.7. The minimum absolute atomic E-state index is 0.0897. The van der Waals surface area contributed by atoms with Crippen molar-refractivity contribution in [2.45, 2.75) is 56.4 Å². The molecule has 2 rings (SSSR count). The molecule has 0 saturated heterocycles. The van der Waals surface area contributed by atoms with E-state index in [1.54, 1.807) is 12.1 Å². The third-order valence-corrected chi connectivity index (χ3v) is 4.39. The Morgan fingerprint density at radius 1 is 1.26 bits per heavy atom. The highest BCUT2D eigenvalue weighted by atomic mass is 32.2. The first kappa shape index (κ1) is 14.3. The van der Waals surface area contributed by atoms with Crippen LogP contribution in [-0.4, -0.2) is 14.5 Å². The number of sulfonamides is 1. The molecule has 106 valence electrons. The Morgan fingerprint density at radius 3 is 2.32 bits per heavy atom. The fourth-order valence-corrected chi connectivity index (χ4v) is 2.65. The summed E-state index contributed by atoms with van der Waals surface area (Å²) in [6, 6.07) is 5.25. The van der Waals surface area contributed by atoms with Crippen LogP contribution < -0.4 is 9.88 Å². The van der Waals surface area contributed by atoms with Crippen LogP contribution in [0.2, 0.25) is 0 Å². The van der Waals surface area contributed by atoms with Crippen LogP contribution in [0.1, 0.15) is 45.6 Å². The third kappa shape index (κ3) is 3.28. The number of primary sulfonamides is 1. The third-order valence-electron chi connectivity index (χ3n) is 3.46. The van der Waals surface area contributed by atoms with Gasteiger partial charge in [-0.15, -0.1) is 0 Å². The van der Waals surface area contributed by atoms with Crippen molar-refractivity contribution in [3.05, 3.63) is 23.8 Å². The first-order chi connectivity index (χ1) is 8.68. The fourth-order valence-electron chi connectivity index (χ4n) is 1.96. The lowest BCUT2D eigenvalue weighted by molar-refractivity contribution is 0.116. The maximum Gasteiger partial charge on any atom is 0.241 e. The van der Waals surface area contributed by atoms with E-state index in [4.69, 9.17) is 9.88 Å². The Kier molecular flexibility index (Phi) is 3.62. The number of hydrogen-bond donors (Lipinski definition) is 1. The molecule has 0 heterocycles. The summed E-state index contributed by atoms with van der Waals surface area (Å²) in [7, 11) is -3.77. The molecule has 0 atom stereocenters. The zero-order valence-electron chi connectivity index (χ0n) is 11.6. The van der Waals surface area contributed by atoms with Crippen LogP contribution in [0.4, 0.5) is 0 Å². The molecule has 1 aliphatic rings. The lowest BCUT2D eigenvalue weighted by atomic mass is 9.87. The molecule has 5 heteroatoms. The Labute approximate surface area is 115 Å². The zero-order chi connectivity index (χ0) is 14.3. The maximum absolute atomic E-state index is 11.7. The molecular formula is C14H21NO3S. The summed E-state index contributed by atoms with van der Waals surface area (Å²) in [4.78, 5) is 0.0897. The van der Waals surface area contributed by atoms with Gasteiger partial charge < -0.3 is 4.74 Å². The molecule has 1 aromatic carbocycles. The Bertz CT molecular complexity index is 569. The van der Waals surface area contributed by atoms with Crippen LogP contribution in [0, 0.1) is 0 Å². The van der Waals surface area contributed by atoms with Crippen molar-refractivity contribution < 1.29 is 13.2 Å². The largest absolute Gasteiger partial charge is 0.489 e. The van der Waals surface area contributed by atoms with Gasteiger partial charge in [0.1, 0.15) is 10.6 Å². The molecule has 1 saturated carbocycles. The molecule has 0 radical (unpaired) electrons. The first-order valence-electron chi connectivity index (χ1n) is 6.52. The number of benzene rings is 1. The number of nitrogens with two attached hydrogens (primary N) is 1. The quantitative estimate of drug-likeness (QED) is 0.927. The summed E-state index contributed by atoms with van der Waals surface area (Å²) in [6.07, 6.45) is 3.21. The molecule has 1 aromatic rings. The number of hydrogen-bond acceptors (Lipinski definition) is 3. The van der Waals surface area contributed by atoms with Gasteiger partial charge >= 0.3 is 0 Å². The fraction of sp³-hybridized carbons (Fsp3) is 0.571. The topological polar surface area (TPSA) is 69.4 Å². The average Bonchev–Trinajstić information content (AvgIpc) is 2.20. The summed E-state index contributed by atoms with van der Waals surface area (Å²) < 4.78 is 29.2. The Balaban J connectivity index is 2.42. The minimum Gasteiger partial charge on any atom is -0.489 e. The van der Waals surface area contributed by atoms with Gasteiger partial charge in [0, 0.05) is 0 Å². The van der Waals surface area contributed by atoms with Gasteiger partial charge in [0.25, 0.3) is 0 Å². The second-order valence-electron chi connectivity index (χ2n) is 6.13. The van der Waals surface area contributed by atoms with E-state index in [1.807, 2.05) is 26.8 Å². The summed E-state index contributed by atoms with van der Waals surface area (Å²) in [6.45, 7) is 6.09. The van der Waals surface area contributed by atoms with E-state index in [0.717, 1.165) is 24.8 Å². The van der Waals surface area contributed by atoms with Gasteiger partial charge in [-0.2, -0.15) is 0 Å². The second kappa shape index (κ2) is 4.80. The molecule has 2 N–H and O–H groups in total. The van der Waals surface area contributed by atoms with E-state index in [-0.39, 0.29) is 16.4 Å². The van der Waals surface area contributed by atoms with Crippen molar-refractivity contribution >= 4 is 10.0 Å². The van der Waals surface area contributed by atoms with E-state index < -0.39 is 10.0 Å². The van der Waals surface area contributed by atoms with Crippen LogP contribution in [-0.2, 0) is 15.4 Å². The molecule has 0 amide bonds. The van der Waals surface area contributed by atoms with Crippen LogP contribution in [0.25, 0.3) is 0 Å². The monoisotopic (exact) mass is 283 g/mol. The predicted molar refractivity (Wildman–Crippen MR) is 74.8 cm³/mol. The lowest BCUT2D eigenvalue weighted by Crippen LogP contribution is -2.26. The summed E-state index contributed by atoms with van der Waals surface area (Å²) in [5, 5.41) is 5.30. The van der Waals surface area contributed by atoms with Crippen molar-refractivity contribution in [3.63, 3.8) is 0 Å². The van der Waals surface area contributed by atoms with Gasteiger partial charge in [-0.3, -0.25) is 0 Å². The standard InChI is InChI=1S/C14H21NO3S/c1-14(2,3)10-7-8-12(18-11-5-4-6-11)13(9-10)19(15,16)17/h7-9,11H,4-6H2,1-3H3,(H2,15,16,17). The molecule has 0 unspecified atom stereocenters. The van der Waals surface area contributed by atoms with E-state index in [0.29, 0.717) is 5.75 Å². The summed E-state index contributed by atoms with van der Waals surface area (Å²) in [5.74, 6) is 0.375. The van der Waals surface area contributed by atoms with Crippen molar-refractivity contribution in [3.8, 4) is 5.75 Å². The van der Waals surface area contributed by atoms with Gasteiger partial charge in [-0.05, 0) is 42.4 Å². The zero-order valence-corrected chi connectivity index (χ0v) is 12.5. The van der Waals surface area contributed by atoms with E-state index in [2.05, 4.69) is 0 Å². The number of ether oxygens (including phenoxy) is 1. The minimum atomic E-state index is -3.77. The molecule has 0 bridgehead atoms. The molecule has 0 aromatic heterocycles. The smallest absolute Gasteiger partial charge is 0.241 e. The normalized spacial score (nSPS) is 17.1. The SMILES string of the molecule is CC(C)(C)c1ccc(OC2CCC2)c(S(N)(=O)=O)c1. The van der Waals surface area contributed by atoms with Gasteiger partial charge in [-0.25, -0.2) is 13.6 Å². The van der Waals surface area contributed by atoms with E-state index >= 15 is 0 Å². The summed E-state index contributed by atoms with van der Waals surface area (Å²) in [5.41, 5.74) is 0.798. The second-order valence-corrected chi connectivity index (χ2v) is 7.66.